The summed E-state index contributed by atoms with van der Waals surface area (Å²) in [5.41, 5.74) is -0.667. The summed E-state index contributed by atoms with van der Waals surface area (Å²) in [6.45, 7) is -0.0915. The Morgan fingerprint density at radius 2 is 2.64 bits per heavy atom. The van der Waals surface area contributed by atoms with E-state index in [1.165, 1.54) is 0 Å². The summed E-state index contributed by atoms with van der Waals surface area (Å²) in [6, 6.07) is 0. The van der Waals surface area contributed by atoms with Crippen LogP contribution in [0.5, 0.6) is 0 Å². The van der Waals surface area contributed by atoms with Crippen molar-refractivity contribution in [3.8, 4) is 0 Å². The Bertz CT molecular complexity index is 221. The zero-order valence-corrected chi connectivity index (χ0v) is 6.12. The van der Waals surface area contributed by atoms with Gasteiger partial charge >= 0.3 is 0 Å². The second-order valence-electron chi connectivity index (χ2n) is 3.16. The highest BCUT2D eigenvalue weighted by Crippen LogP contribution is 2.33. The molecule has 0 unspecified atom stereocenters. The van der Waals surface area contributed by atoms with E-state index in [0.29, 0.717) is 12.8 Å². The van der Waals surface area contributed by atoms with Crippen LogP contribution >= 0.6 is 0 Å². The van der Waals surface area contributed by atoms with Crippen molar-refractivity contribution in [2.24, 2.45) is 0 Å². The van der Waals surface area contributed by atoms with E-state index in [4.69, 9.17) is 9.84 Å². The van der Waals surface area contributed by atoms with Crippen LogP contribution in [-0.4, -0.2) is 29.2 Å². The fourth-order valence-corrected chi connectivity index (χ4v) is 1.65. The number of hydrogen-bond donors (Lipinski definition) is 1. The Morgan fingerprint density at radius 3 is 3.36 bits per heavy atom. The highest BCUT2D eigenvalue weighted by atomic mass is 16.5. The van der Waals surface area contributed by atoms with Crippen LogP contribution in [0.4, 0.5) is 0 Å². The minimum absolute atomic E-state index is 0.0802. The standard InChI is InChI=1S/C8H10O3/c9-5-8-2-1-7(11-8)3-6(10)4-8/h1-2,7,9H,3-5H2/t7-,8+/m1/s1. The van der Waals surface area contributed by atoms with Gasteiger partial charge in [0, 0.05) is 12.8 Å². The molecule has 0 aromatic heterocycles. The van der Waals surface area contributed by atoms with Crippen molar-refractivity contribution in [3.05, 3.63) is 12.2 Å². The topological polar surface area (TPSA) is 46.5 Å². The molecule has 2 rings (SSSR count). The number of ether oxygens (including phenoxy) is 1. The van der Waals surface area contributed by atoms with Gasteiger partial charge in [-0.25, -0.2) is 0 Å². The van der Waals surface area contributed by atoms with Crippen LogP contribution in [0.3, 0.4) is 0 Å². The molecule has 1 saturated heterocycles. The number of aliphatic hydroxyl groups excluding tert-OH is 1. The van der Waals surface area contributed by atoms with Crippen LogP contribution in [0.1, 0.15) is 12.8 Å². The molecule has 2 atom stereocenters. The lowest BCUT2D eigenvalue weighted by molar-refractivity contribution is -0.141. The van der Waals surface area contributed by atoms with Gasteiger partial charge in [-0.1, -0.05) is 12.2 Å². The summed E-state index contributed by atoms with van der Waals surface area (Å²) in [6.07, 6.45) is 4.39. The van der Waals surface area contributed by atoms with E-state index in [0.717, 1.165) is 0 Å². The molecule has 0 saturated carbocycles. The van der Waals surface area contributed by atoms with Crippen molar-refractivity contribution in [2.45, 2.75) is 24.5 Å². The lowest BCUT2D eigenvalue weighted by Gasteiger charge is -2.30. The van der Waals surface area contributed by atoms with E-state index in [1.54, 1.807) is 0 Å². The van der Waals surface area contributed by atoms with Crippen LogP contribution in [0.2, 0.25) is 0 Å². The third-order valence-electron chi connectivity index (χ3n) is 2.19. The van der Waals surface area contributed by atoms with Crippen LogP contribution in [-0.2, 0) is 9.53 Å². The lowest BCUT2D eigenvalue weighted by atomic mass is 9.96. The molecule has 1 fully saturated rings. The second kappa shape index (κ2) is 2.16. The molecule has 2 aliphatic heterocycles. The Morgan fingerprint density at radius 1 is 1.82 bits per heavy atom. The molecule has 0 amide bonds. The Kier molecular flexibility index (Phi) is 1.37. The first-order valence-electron chi connectivity index (χ1n) is 3.74. The fourth-order valence-electron chi connectivity index (χ4n) is 1.65. The first-order valence-corrected chi connectivity index (χ1v) is 3.74. The molecular weight excluding hydrogens is 144 g/mol. The van der Waals surface area contributed by atoms with Crippen molar-refractivity contribution in [2.75, 3.05) is 6.61 Å². The summed E-state index contributed by atoms with van der Waals surface area (Å²) < 4.78 is 5.42. The third-order valence-corrected chi connectivity index (χ3v) is 2.19. The Balaban J connectivity index is 2.24. The van der Waals surface area contributed by atoms with Gasteiger partial charge in [-0.15, -0.1) is 0 Å². The first kappa shape index (κ1) is 7.00. The van der Waals surface area contributed by atoms with Crippen molar-refractivity contribution < 1.29 is 14.6 Å². The number of hydrogen-bond acceptors (Lipinski definition) is 3. The maximum atomic E-state index is 11.1. The van der Waals surface area contributed by atoms with Gasteiger partial charge in [-0.05, 0) is 0 Å². The maximum Gasteiger partial charge on any atom is 0.139 e. The molecule has 0 spiro atoms. The van der Waals surface area contributed by atoms with Crippen LogP contribution in [0.15, 0.2) is 12.2 Å². The summed E-state index contributed by atoms with van der Waals surface area (Å²) in [7, 11) is 0. The lowest BCUT2D eigenvalue weighted by Crippen LogP contribution is -2.41. The van der Waals surface area contributed by atoms with Gasteiger partial charge < -0.3 is 9.84 Å². The van der Waals surface area contributed by atoms with Gasteiger partial charge in [0.1, 0.15) is 11.4 Å². The summed E-state index contributed by atoms with van der Waals surface area (Å²) in [5, 5.41) is 8.96. The van der Waals surface area contributed by atoms with E-state index in [9.17, 15) is 4.79 Å². The third kappa shape index (κ3) is 1.01. The molecule has 2 bridgehead atoms. The largest absolute Gasteiger partial charge is 0.393 e. The quantitative estimate of drug-likeness (QED) is 0.542. The molecule has 11 heavy (non-hydrogen) atoms. The van der Waals surface area contributed by atoms with Crippen molar-refractivity contribution in [1.82, 2.24) is 0 Å². The minimum Gasteiger partial charge on any atom is -0.393 e. The van der Waals surface area contributed by atoms with Crippen LogP contribution < -0.4 is 0 Å². The SMILES string of the molecule is O=C1C[C@H]2C=C[C@@](CO)(C1)O2. The summed E-state index contributed by atoms with van der Waals surface area (Å²) in [5.74, 6) is 0.181. The average molecular weight is 154 g/mol. The number of rotatable bonds is 1. The molecule has 3 nitrogen and oxygen atoms in total. The number of Topliss-reactive ketones (excluding diaryl/α,β-unsaturated/α-hetero) is 1. The Labute approximate surface area is 64.7 Å². The van der Waals surface area contributed by atoms with Crippen LogP contribution in [0.25, 0.3) is 0 Å². The van der Waals surface area contributed by atoms with Gasteiger partial charge in [-0.3, -0.25) is 4.79 Å². The molecule has 2 heterocycles. The molecule has 0 aliphatic carbocycles. The maximum absolute atomic E-state index is 11.1. The van der Waals surface area contributed by atoms with E-state index in [2.05, 4.69) is 0 Å². The zero-order chi connectivity index (χ0) is 7.90. The van der Waals surface area contributed by atoms with Gasteiger partial charge in [0.15, 0.2) is 0 Å². The van der Waals surface area contributed by atoms with E-state index in [-0.39, 0.29) is 18.5 Å². The first-order chi connectivity index (χ1) is 5.24. The van der Waals surface area contributed by atoms with Crippen molar-refractivity contribution >= 4 is 5.78 Å². The fraction of sp³-hybridized carbons (Fsp3) is 0.625. The van der Waals surface area contributed by atoms with Crippen molar-refractivity contribution in [3.63, 3.8) is 0 Å². The molecule has 0 aromatic carbocycles. The number of carbonyl (C=O) groups excluding carboxylic acids is 1. The molecule has 2 aliphatic rings. The van der Waals surface area contributed by atoms with Crippen molar-refractivity contribution in [1.29, 1.82) is 0 Å². The predicted molar refractivity (Wildman–Crippen MR) is 38.1 cm³/mol. The molecule has 0 radical (unpaired) electrons. The number of carbonyl (C=O) groups is 1. The van der Waals surface area contributed by atoms with Gasteiger partial charge in [-0.2, -0.15) is 0 Å². The Hall–Kier alpha value is -0.670. The number of ketones is 1. The monoisotopic (exact) mass is 154 g/mol. The normalized spacial score (nSPS) is 41.5. The van der Waals surface area contributed by atoms with E-state index >= 15 is 0 Å². The van der Waals surface area contributed by atoms with E-state index in [1.807, 2.05) is 12.2 Å². The van der Waals surface area contributed by atoms with Gasteiger partial charge in [0.2, 0.25) is 0 Å². The highest BCUT2D eigenvalue weighted by Gasteiger charge is 2.42. The molecule has 3 heteroatoms. The summed E-state index contributed by atoms with van der Waals surface area (Å²) >= 11 is 0. The van der Waals surface area contributed by atoms with Gasteiger partial charge in [0.25, 0.3) is 0 Å². The van der Waals surface area contributed by atoms with Crippen LogP contribution in [0, 0.1) is 0 Å². The van der Waals surface area contributed by atoms with Gasteiger partial charge in [0.05, 0.1) is 12.7 Å². The second-order valence-corrected chi connectivity index (χ2v) is 3.16. The average Bonchev–Trinajstić information content (AvgIpc) is 2.28. The zero-order valence-electron chi connectivity index (χ0n) is 6.12. The predicted octanol–water partition coefficient (Wildman–Crippen LogP) is 0.0354. The molecule has 1 N–H and O–H groups in total. The summed E-state index contributed by atoms with van der Waals surface area (Å²) in [4.78, 5) is 11.1. The smallest absolute Gasteiger partial charge is 0.139 e. The number of fused-ring (bicyclic) bond motifs is 2. The molecule has 0 aromatic rings. The molecule has 60 valence electrons. The van der Waals surface area contributed by atoms with E-state index < -0.39 is 5.60 Å². The highest BCUT2D eigenvalue weighted by molar-refractivity contribution is 5.82. The number of aliphatic hydroxyl groups is 1. The molecular formula is C8H10O3. The minimum atomic E-state index is -0.667.